The topological polar surface area (TPSA) is 67.8 Å². The lowest BCUT2D eigenvalue weighted by molar-refractivity contribution is 0.0888. The van der Waals surface area contributed by atoms with Gasteiger partial charge in [0.25, 0.3) is 0 Å². The summed E-state index contributed by atoms with van der Waals surface area (Å²) in [6.45, 7) is 9.38. The van der Waals surface area contributed by atoms with E-state index in [2.05, 4.69) is 39.8 Å². The molecule has 26 heavy (non-hydrogen) atoms. The molecule has 2 rings (SSSR count). The van der Waals surface area contributed by atoms with Crippen molar-refractivity contribution in [2.75, 3.05) is 46.6 Å². The second-order valence-electron chi connectivity index (χ2n) is 6.67. The van der Waals surface area contributed by atoms with Gasteiger partial charge in [0.2, 0.25) is 0 Å². The summed E-state index contributed by atoms with van der Waals surface area (Å²) in [5.74, 6) is 1.93. The minimum Gasteiger partial charge on any atom is -0.381 e. The van der Waals surface area contributed by atoms with Gasteiger partial charge in [-0.25, -0.2) is 4.98 Å². The fraction of sp³-hybridized carbons (Fsp3) is 0.778. The first-order chi connectivity index (χ1) is 12.2. The Morgan fingerprint density at radius 2 is 2.23 bits per heavy atom. The van der Waals surface area contributed by atoms with Gasteiger partial charge in [0, 0.05) is 57.0 Å². The standard InChI is InChI=1S/C18H32N4O2S.HI/c1-14(2)17-22-16(13-25-17)5-8-21-18(19-3)20-7-4-9-23-11-15-6-10-24-12-15;/h13-15H,4-12H2,1-3H3,(H2,19,20,21);1H. The molecule has 1 aromatic heterocycles. The van der Waals surface area contributed by atoms with Crippen LogP contribution in [-0.2, 0) is 15.9 Å². The number of rotatable bonds is 10. The van der Waals surface area contributed by atoms with Gasteiger partial charge >= 0.3 is 0 Å². The lowest BCUT2D eigenvalue weighted by atomic mass is 10.1. The lowest BCUT2D eigenvalue weighted by Crippen LogP contribution is -2.39. The first-order valence-corrected chi connectivity index (χ1v) is 10.1. The van der Waals surface area contributed by atoms with Crippen molar-refractivity contribution >= 4 is 41.3 Å². The Hall–Kier alpha value is -0.450. The van der Waals surface area contributed by atoms with Crippen LogP contribution in [0.1, 0.15) is 43.3 Å². The SMILES string of the molecule is CN=C(NCCCOCC1CCOC1)NCCc1csc(C(C)C)n1.I. The van der Waals surface area contributed by atoms with Crippen LogP contribution in [-0.4, -0.2) is 57.5 Å². The molecule has 2 N–H and O–H groups in total. The van der Waals surface area contributed by atoms with Crippen molar-refractivity contribution < 1.29 is 9.47 Å². The number of aromatic nitrogens is 1. The highest BCUT2D eigenvalue weighted by Crippen LogP contribution is 2.19. The third kappa shape index (κ3) is 8.96. The number of nitrogens with zero attached hydrogens (tertiary/aromatic N) is 2. The molecular weight excluding hydrogens is 463 g/mol. The minimum atomic E-state index is 0. The Morgan fingerprint density at radius 3 is 2.88 bits per heavy atom. The Kier molecular flexibility index (Phi) is 12.4. The Bertz CT molecular complexity index is 519. The third-order valence-corrected chi connectivity index (χ3v) is 5.29. The minimum absolute atomic E-state index is 0. The average molecular weight is 496 g/mol. The molecule has 1 unspecified atom stereocenters. The highest BCUT2D eigenvalue weighted by atomic mass is 127. The Morgan fingerprint density at radius 1 is 1.42 bits per heavy atom. The number of halogens is 1. The number of nitrogens with one attached hydrogen (secondary N) is 2. The predicted octanol–water partition coefficient (Wildman–Crippen LogP) is 3.04. The predicted molar refractivity (Wildman–Crippen MR) is 119 cm³/mol. The van der Waals surface area contributed by atoms with E-state index in [9.17, 15) is 0 Å². The number of hydrogen-bond donors (Lipinski definition) is 2. The number of thiazole rings is 1. The van der Waals surface area contributed by atoms with Crippen LogP contribution in [0, 0.1) is 5.92 Å². The molecule has 1 aliphatic rings. The van der Waals surface area contributed by atoms with Gasteiger partial charge in [0.15, 0.2) is 5.96 Å². The molecule has 0 aliphatic carbocycles. The zero-order valence-corrected chi connectivity index (χ0v) is 19.3. The van der Waals surface area contributed by atoms with E-state index in [4.69, 9.17) is 9.47 Å². The average Bonchev–Trinajstić information content (AvgIpc) is 3.28. The van der Waals surface area contributed by atoms with E-state index in [0.29, 0.717) is 11.8 Å². The molecule has 1 aromatic rings. The van der Waals surface area contributed by atoms with Crippen LogP contribution in [0.2, 0.25) is 0 Å². The zero-order valence-electron chi connectivity index (χ0n) is 16.1. The summed E-state index contributed by atoms with van der Waals surface area (Å²) < 4.78 is 11.0. The summed E-state index contributed by atoms with van der Waals surface area (Å²) in [7, 11) is 1.80. The van der Waals surface area contributed by atoms with Gasteiger partial charge in [-0.3, -0.25) is 4.99 Å². The van der Waals surface area contributed by atoms with Crippen LogP contribution in [0.25, 0.3) is 0 Å². The molecule has 1 saturated heterocycles. The first kappa shape index (κ1) is 23.6. The molecule has 6 nitrogen and oxygen atoms in total. The van der Waals surface area contributed by atoms with E-state index in [1.807, 2.05) is 0 Å². The molecule has 2 heterocycles. The molecule has 8 heteroatoms. The Balaban J connectivity index is 0.00000338. The number of guanidine groups is 1. The van der Waals surface area contributed by atoms with E-state index in [1.54, 1.807) is 18.4 Å². The van der Waals surface area contributed by atoms with Gasteiger partial charge in [0.05, 0.1) is 23.9 Å². The summed E-state index contributed by atoms with van der Waals surface area (Å²) in [5, 5.41) is 10.0. The third-order valence-electron chi connectivity index (χ3n) is 4.10. The van der Waals surface area contributed by atoms with Crippen LogP contribution >= 0.6 is 35.3 Å². The second kappa shape index (κ2) is 13.7. The number of ether oxygens (including phenoxy) is 2. The van der Waals surface area contributed by atoms with Crippen LogP contribution in [0.3, 0.4) is 0 Å². The smallest absolute Gasteiger partial charge is 0.190 e. The molecular formula is C18H33IN4O2S. The van der Waals surface area contributed by atoms with E-state index < -0.39 is 0 Å². The van der Waals surface area contributed by atoms with Crippen molar-refractivity contribution in [2.45, 2.75) is 39.0 Å². The van der Waals surface area contributed by atoms with Gasteiger partial charge in [-0.2, -0.15) is 0 Å². The van der Waals surface area contributed by atoms with E-state index >= 15 is 0 Å². The normalized spacial score (nSPS) is 17.4. The molecule has 0 aromatic carbocycles. The van der Waals surface area contributed by atoms with E-state index in [0.717, 1.165) is 70.4 Å². The number of hydrogen-bond acceptors (Lipinski definition) is 5. The van der Waals surface area contributed by atoms with Crippen molar-refractivity contribution in [3.63, 3.8) is 0 Å². The first-order valence-electron chi connectivity index (χ1n) is 9.23. The van der Waals surface area contributed by atoms with Gasteiger partial charge < -0.3 is 20.1 Å². The fourth-order valence-electron chi connectivity index (χ4n) is 2.58. The van der Waals surface area contributed by atoms with Crippen molar-refractivity contribution in [3.05, 3.63) is 16.1 Å². The second-order valence-corrected chi connectivity index (χ2v) is 7.56. The van der Waals surface area contributed by atoms with Crippen LogP contribution in [0.4, 0.5) is 0 Å². The van der Waals surface area contributed by atoms with Gasteiger partial charge in [0.1, 0.15) is 0 Å². The van der Waals surface area contributed by atoms with Gasteiger partial charge in [-0.1, -0.05) is 13.8 Å². The van der Waals surface area contributed by atoms with Crippen molar-refractivity contribution in [1.82, 2.24) is 15.6 Å². The highest BCUT2D eigenvalue weighted by molar-refractivity contribution is 14.0. The molecule has 0 radical (unpaired) electrons. The molecule has 150 valence electrons. The summed E-state index contributed by atoms with van der Waals surface area (Å²) in [4.78, 5) is 8.91. The monoisotopic (exact) mass is 496 g/mol. The summed E-state index contributed by atoms with van der Waals surface area (Å²) in [6.07, 6.45) is 3.01. The van der Waals surface area contributed by atoms with Crippen LogP contribution < -0.4 is 10.6 Å². The molecule has 1 fully saturated rings. The van der Waals surface area contributed by atoms with Crippen LogP contribution in [0.5, 0.6) is 0 Å². The summed E-state index contributed by atoms with van der Waals surface area (Å²) in [6, 6.07) is 0. The quantitative estimate of drug-likeness (QED) is 0.226. The maximum absolute atomic E-state index is 5.71. The van der Waals surface area contributed by atoms with Crippen molar-refractivity contribution in [2.24, 2.45) is 10.9 Å². The molecule has 1 atom stereocenters. The molecule has 0 saturated carbocycles. The molecule has 1 aliphatic heterocycles. The van der Waals surface area contributed by atoms with E-state index in [1.165, 1.54) is 5.01 Å². The Labute approximate surface area is 178 Å². The zero-order chi connectivity index (χ0) is 17.9. The highest BCUT2D eigenvalue weighted by Gasteiger charge is 2.15. The van der Waals surface area contributed by atoms with Crippen molar-refractivity contribution in [3.8, 4) is 0 Å². The maximum atomic E-state index is 5.71. The van der Waals surface area contributed by atoms with Gasteiger partial charge in [-0.05, 0) is 12.8 Å². The fourth-order valence-corrected chi connectivity index (χ4v) is 3.45. The largest absolute Gasteiger partial charge is 0.381 e. The lowest BCUT2D eigenvalue weighted by Gasteiger charge is -2.12. The van der Waals surface area contributed by atoms with Crippen LogP contribution in [0.15, 0.2) is 10.4 Å². The summed E-state index contributed by atoms with van der Waals surface area (Å²) in [5.41, 5.74) is 1.15. The maximum Gasteiger partial charge on any atom is 0.190 e. The summed E-state index contributed by atoms with van der Waals surface area (Å²) >= 11 is 1.75. The number of aliphatic imine (C=N–C) groups is 1. The van der Waals surface area contributed by atoms with Crippen molar-refractivity contribution in [1.29, 1.82) is 0 Å². The molecule has 0 bridgehead atoms. The molecule has 0 spiro atoms. The van der Waals surface area contributed by atoms with E-state index in [-0.39, 0.29) is 24.0 Å². The molecule has 0 amide bonds. The van der Waals surface area contributed by atoms with Gasteiger partial charge in [-0.15, -0.1) is 35.3 Å².